The largest absolute Gasteiger partial charge is 0.485 e. The predicted octanol–water partition coefficient (Wildman–Crippen LogP) is 11.1. The fraction of sp³-hybridized carbons (Fsp3) is 0.0444. The Morgan fingerprint density at radius 2 is 1.08 bits per heavy atom. The van der Waals surface area contributed by atoms with Gasteiger partial charge in [-0.15, -0.1) is 0 Å². The third kappa shape index (κ3) is 4.74. The summed E-state index contributed by atoms with van der Waals surface area (Å²) in [6.07, 6.45) is 8.39. The van der Waals surface area contributed by atoms with Crippen LogP contribution in [0.5, 0.6) is 5.75 Å². The van der Waals surface area contributed by atoms with Gasteiger partial charge in [0.05, 0.1) is 5.56 Å². The van der Waals surface area contributed by atoms with Crippen molar-refractivity contribution in [1.29, 1.82) is 0 Å². The lowest BCUT2D eigenvalue weighted by Gasteiger charge is -2.17. The zero-order valence-corrected chi connectivity index (χ0v) is 26.9. The van der Waals surface area contributed by atoms with Gasteiger partial charge < -0.3 is 9.15 Å². The molecule has 6 aromatic carbocycles. The first-order chi connectivity index (χ1) is 24.8. The lowest BCUT2D eigenvalue weighted by Crippen LogP contribution is -2.16. The van der Waals surface area contributed by atoms with Crippen LogP contribution < -0.4 is 4.74 Å². The average molecular weight is 644 g/mol. The van der Waals surface area contributed by atoms with Gasteiger partial charge in [-0.2, -0.15) is 0 Å². The lowest BCUT2D eigenvalue weighted by molar-refractivity contribution is 0.269. The van der Waals surface area contributed by atoms with Gasteiger partial charge in [0.25, 0.3) is 0 Å². The number of ether oxygens (including phenoxy) is 1. The summed E-state index contributed by atoms with van der Waals surface area (Å²) in [5, 5.41) is 2.08. The number of hydrogen-bond donors (Lipinski definition) is 0. The fourth-order valence-corrected chi connectivity index (χ4v) is 7.27. The number of nitrogens with zero attached hydrogens (tertiary/aromatic N) is 3. The van der Waals surface area contributed by atoms with E-state index in [9.17, 15) is 0 Å². The minimum absolute atomic E-state index is 0.0439. The molecule has 10 rings (SSSR count). The van der Waals surface area contributed by atoms with Crippen molar-refractivity contribution in [2.24, 2.45) is 0 Å². The molecule has 5 heteroatoms. The highest BCUT2D eigenvalue weighted by atomic mass is 16.5. The summed E-state index contributed by atoms with van der Waals surface area (Å²) in [6, 6.07) is 47.8. The second kappa shape index (κ2) is 11.5. The van der Waals surface area contributed by atoms with E-state index >= 15 is 0 Å². The summed E-state index contributed by atoms with van der Waals surface area (Å²) in [6.45, 7) is 0. The number of aromatic nitrogens is 3. The molecule has 1 aliphatic heterocycles. The number of benzene rings is 6. The number of para-hydroxylation sites is 2. The maximum absolute atomic E-state index is 6.59. The van der Waals surface area contributed by atoms with Gasteiger partial charge in [-0.1, -0.05) is 133 Å². The summed E-state index contributed by atoms with van der Waals surface area (Å²) < 4.78 is 13.1. The Balaban J connectivity index is 1.21. The molecule has 0 saturated carbocycles. The maximum atomic E-state index is 6.59. The van der Waals surface area contributed by atoms with Gasteiger partial charge in [-0.05, 0) is 52.6 Å². The van der Waals surface area contributed by atoms with Crippen molar-refractivity contribution < 1.29 is 9.15 Å². The van der Waals surface area contributed by atoms with Crippen LogP contribution in [0, 0.1) is 0 Å². The molecule has 0 spiro atoms. The molecule has 50 heavy (non-hydrogen) atoms. The predicted molar refractivity (Wildman–Crippen MR) is 200 cm³/mol. The molecule has 5 nitrogen and oxygen atoms in total. The van der Waals surface area contributed by atoms with Gasteiger partial charge in [0.2, 0.25) is 0 Å². The van der Waals surface area contributed by atoms with Gasteiger partial charge in [0.15, 0.2) is 17.5 Å². The molecule has 0 N–H and O–H groups in total. The van der Waals surface area contributed by atoms with E-state index in [1.165, 1.54) is 0 Å². The molecule has 236 valence electrons. The molecule has 1 aliphatic carbocycles. The van der Waals surface area contributed by atoms with Crippen molar-refractivity contribution in [3.8, 4) is 62.2 Å². The first-order valence-corrected chi connectivity index (χ1v) is 16.8. The van der Waals surface area contributed by atoms with Crippen molar-refractivity contribution in [1.82, 2.24) is 15.0 Å². The average Bonchev–Trinajstić information content (AvgIpc) is 3.77. The Hall–Kier alpha value is -6.59. The summed E-state index contributed by atoms with van der Waals surface area (Å²) in [5.41, 5.74) is 9.73. The highest BCUT2D eigenvalue weighted by Crippen LogP contribution is 2.48. The van der Waals surface area contributed by atoms with E-state index in [-0.39, 0.29) is 12.0 Å². The quantitative estimate of drug-likeness (QED) is 0.187. The molecule has 0 bridgehead atoms. The van der Waals surface area contributed by atoms with Crippen molar-refractivity contribution in [3.63, 3.8) is 0 Å². The number of allylic oxidation sites excluding steroid dienone is 2. The summed E-state index contributed by atoms with van der Waals surface area (Å²) in [5.74, 6) is 2.62. The molecule has 2 aromatic heterocycles. The summed E-state index contributed by atoms with van der Waals surface area (Å²) in [7, 11) is 0. The molecule has 2 aliphatic rings. The van der Waals surface area contributed by atoms with Crippen LogP contribution >= 0.6 is 0 Å². The molecule has 2 atom stereocenters. The van der Waals surface area contributed by atoms with E-state index in [2.05, 4.69) is 121 Å². The summed E-state index contributed by atoms with van der Waals surface area (Å²) in [4.78, 5) is 15.6. The highest BCUT2D eigenvalue weighted by Gasteiger charge is 2.36. The SMILES string of the molecule is C1=CC2Oc3cc(-c4ccccc4)cc(-c4nc(-c5ccc(-c6ccccc6)cc5)nc(-c5cccc6c5oc5ccccc56)n4)c3C2C=C1. The second-order valence-electron chi connectivity index (χ2n) is 12.7. The van der Waals surface area contributed by atoms with E-state index in [1.807, 2.05) is 42.5 Å². The van der Waals surface area contributed by atoms with E-state index in [0.29, 0.717) is 17.5 Å². The molecule has 0 amide bonds. The van der Waals surface area contributed by atoms with Crippen molar-refractivity contribution in [3.05, 3.63) is 169 Å². The van der Waals surface area contributed by atoms with Crippen molar-refractivity contribution in [2.75, 3.05) is 0 Å². The van der Waals surface area contributed by atoms with E-state index in [4.69, 9.17) is 24.1 Å². The second-order valence-corrected chi connectivity index (χ2v) is 12.7. The summed E-state index contributed by atoms with van der Waals surface area (Å²) >= 11 is 0. The number of rotatable bonds is 5. The molecule has 0 saturated heterocycles. The fourth-order valence-electron chi connectivity index (χ4n) is 7.27. The minimum atomic E-state index is -0.0876. The lowest BCUT2D eigenvalue weighted by atomic mass is 9.87. The smallest absolute Gasteiger partial charge is 0.167 e. The van der Waals surface area contributed by atoms with E-state index < -0.39 is 0 Å². The Bertz CT molecular complexity index is 2620. The van der Waals surface area contributed by atoms with Gasteiger partial charge in [0, 0.05) is 33.4 Å². The number of fused-ring (bicyclic) bond motifs is 6. The Labute approximate surface area is 288 Å². The first kappa shape index (κ1) is 28.4. The topological polar surface area (TPSA) is 61.0 Å². The molecule has 3 heterocycles. The van der Waals surface area contributed by atoms with E-state index in [1.54, 1.807) is 0 Å². The van der Waals surface area contributed by atoms with E-state index in [0.717, 1.165) is 72.2 Å². The van der Waals surface area contributed by atoms with Crippen LogP contribution in [-0.2, 0) is 0 Å². The van der Waals surface area contributed by atoms with Crippen LogP contribution in [0.15, 0.2) is 168 Å². The van der Waals surface area contributed by atoms with Gasteiger partial charge >= 0.3 is 0 Å². The van der Waals surface area contributed by atoms with Crippen LogP contribution in [0.4, 0.5) is 0 Å². The number of hydrogen-bond acceptors (Lipinski definition) is 5. The third-order valence-electron chi connectivity index (χ3n) is 9.70. The molecule has 0 fully saturated rings. The maximum Gasteiger partial charge on any atom is 0.167 e. The zero-order valence-electron chi connectivity index (χ0n) is 26.9. The number of furan rings is 1. The molecular weight excluding hydrogens is 615 g/mol. The van der Waals surface area contributed by atoms with Crippen molar-refractivity contribution in [2.45, 2.75) is 12.0 Å². The van der Waals surface area contributed by atoms with Crippen LogP contribution in [0.25, 0.3) is 78.4 Å². The highest BCUT2D eigenvalue weighted by molar-refractivity contribution is 6.09. The van der Waals surface area contributed by atoms with Gasteiger partial charge in [-0.25, -0.2) is 15.0 Å². The molecular formula is C45H29N3O2. The Morgan fingerprint density at radius 3 is 1.88 bits per heavy atom. The van der Waals surface area contributed by atoms with Crippen LogP contribution in [0.1, 0.15) is 11.5 Å². The zero-order chi connectivity index (χ0) is 33.0. The van der Waals surface area contributed by atoms with Crippen LogP contribution in [0.3, 0.4) is 0 Å². The van der Waals surface area contributed by atoms with Gasteiger partial charge in [-0.3, -0.25) is 0 Å². The standard InChI is InChI=1S/C45H29N3O2/c1-3-12-28(13-4-1)30-22-24-31(25-23-30)43-46-44(36-19-11-18-34-33-16-7-9-20-38(33)50-42(34)36)48-45(47-43)37-26-32(29-14-5-2-6-15-29)27-40-41(37)35-17-8-10-21-39(35)49-40/h1-27,35,39H. The molecule has 8 aromatic rings. The van der Waals surface area contributed by atoms with Crippen molar-refractivity contribution >= 4 is 21.9 Å². The molecule has 2 unspecified atom stereocenters. The minimum Gasteiger partial charge on any atom is -0.485 e. The Morgan fingerprint density at radius 1 is 0.460 bits per heavy atom. The normalized spacial score (nSPS) is 16.0. The van der Waals surface area contributed by atoms with Crippen LogP contribution in [-0.4, -0.2) is 21.1 Å². The monoisotopic (exact) mass is 643 g/mol. The first-order valence-electron chi connectivity index (χ1n) is 16.8. The Kier molecular flexibility index (Phi) is 6.56. The van der Waals surface area contributed by atoms with Gasteiger partial charge in [0.1, 0.15) is 23.0 Å². The molecule has 0 radical (unpaired) electrons. The van der Waals surface area contributed by atoms with Crippen LogP contribution in [0.2, 0.25) is 0 Å². The third-order valence-corrected chi connectivity index (χ3v) is 9.70.